The quantitative estimate of drug-likeness (QED) is 0.308. The van der Waals surface area contributed by atoms with Gasteiger partial charge in [-0.2, -0.15) is 0 Å². The summed E-state index contributed by atoms with van der Waals surface area (Å²) in [5.74, 6) is 2.40. The number of nitrogens with one attached hydrogen (secondary N) is 1. The third-order valence-electron chi connectivity index (χ3n) is 7.32. The van der Waals surface area contributed by atoms with Gasteiger partial charge >= 0.3 is 0 Å². The molecule has 3 heterocycles. The molecule has 10 nitrogen and oxygen atoms in total. The van der Waals surface area contributed by atoms with Crippen molar-refractivity contribution in [2.24, 2.45) is 5.92 Å². The van der Waals surface area contributed by atoms with E-state index in [1.807, 2.05) is 47.1 Å². The minimum atomic E-state index is -0.169. The van der Waals surface area contributed by atoms with Crippen molar-refractivity contribution in [2.45, 2.75) is 58.5 Å². The van der Waals surface area contributed by atoms with Gasteiger partial charge in [-0.25, -0.2) is 4.68 Å². The van der Waals surface area contributed by atoms with Crippen molar-refractivity contribution in [3.63, 3.8) is 0 Å². The molecule has 0 amide bonds. The van der Waals surface area contributed by atoms with Crippen molar-refractivity contribution < 1.29 is 14.2 Å². The third kappa shape index (κ3) is 5.97. The summed E-state index contributed by atoms with van der Waals surface area (Å²) in [6.45, 7) is 6.62. The number of methoxy groups -OCH3 is 2. The highest BCUT2D eigenvalue weighted by Gasteiger charge is 2.31. The minimum absolute atomic E-state index is 0.100. The molecule has 0 saturated carbocycles. The van der Waals surface area contributed by atoms with Gasteiger partial charge in [0.1, 0.15) is 11.5 Å². The highest BCUT2D eigenvalue weighted by molar-refractivity contribution is 5.80. The van der Waals surface area contributed by atoms with Crippen LogP contribution in [-0.4, -0.2) is 57.0 Å². The Morgan fingerprint density at radius 3 is 2.67 bits per heavy atom. The maximum atomic E-state index is 13.3. The summed E-state index contributed by atoms with van der Waals surface area (Å²) in [4.78, 5) is 18.6. The SMILES string of the molecule is COc1ccc2cc(CN(Cc3ccccc3OC)C(c3nnnn3CC3CCCO3)C(C)C)c(=O)[nH]c2c1. The number of hydrogen-bond acceptors (Lipinski definition) is 8. The van der Waals surface area contributed by atoms with Crippen LogP contribution in [0.25, 0.3) is 10.9 Å². The van der Waals surface area contributed by atoms with E-state index < -0.39 is 0 Å². The first-order chi connectivity index (χ1) is 19.0. The average molecular weight is 533 g/mol. The summed E-state index contributed by atoms with van der Waals surface area (Å²) < 4.78 is 18.7. The van der Waals surface area contributed by atoms with Crippen LogP contribution in [0.1, 0.15) is 49.7 Å². The number of benzene rings is 2. The van der Waals surface area contributed by atoms with Crippen LogP contribution >= 0.6 is 0 Å². The molecular weight excluding hydrogens is 496 g/mol. The molecule has 0 spiro atoms. The van der Waals surface area contributed by atoms with Crippen molar-refractivity contribution >= 4 is 10.9 Å². The molecule has 1 aliphatic rings. The second-order valence-corrected chi connectivity index (χ2v) is 10.3. The van der Waals surface area contributed by atoms with Gasteiger partial charge in [0, 0.05) is 36.9 Å². The lowest BCUT2D eigenvalue weighted by atomic mass is 9.99. The maximum absolute atomic E-state index is 13.3. The summed E-state index contributed by atoms with van der Waals surface area (Å²) in [6.07, 6.45) is 2.14. The summed E-state index contributed by atoms with van der Waals surface area (Å²) in [5.41, 5.74) is 2.28. The Hall–Kier alpha value is -3.76. The summed E-state index contributed by atoms with van der Waals surface area (Å²) >= 11 is 0. The van der Waals surface area contributed by atoms with Crippen LogP contribution in [0.2, 0.25) is 0 Å². The molecule has 2 aromatic carbocycles. The van der Waals surface area contributed by atoms with Crippen molar-refractivity contribution in [3.05, 3.63) is 75.8 Å². The molecule has 1 N–H and O–H groups in total. The molecule has 10 heteroatoms. The molecule has 39 heavy (non-hydrogen) atoms. The van der Waals surface area contributed by atoms with E-state index in [4.69, 9.17) is 14.2 Å². The molecule has 2 unspecified atom stereocenters. The van der Waals surface area contributed by atoms with Gasteiger partial charge < -0.3 is 19.2 Å². The van der Waals surface area contributed by atoms with Gasteiger partial charge in [0.05, 0.1) is 38.4 Å². The second kappa shape index (κ2) is 12.0. The highest BCUT2D eigenvalue weighted by atomic mass is 16.5. The number of rotatable bonds is 11. The molecule has 0 aliphatic carbocycles. The van der Waals surface area contributed by atoms with E-state index in [2.05, 4.69) is 45.3 Å². The van der Waals surface area contributed by atoms with Gasteiger partial charge in [-0.3, -0.25) is 9.69 Å². The third-order valence-corrected chi connectivity index (χ3v) is 7.32. The fraction of sp³-hybridized carbons (Fsp3) is 0.448. The second-order valence-electron chi connectivity index (χ2n) is 10.3. The zero-order valence-corrected chi connectivity index (χ0v) is 23.0. The Morgan fingerprint density at radius 1 is 1.10 bits per heavy atom. The normalized spacial score (nSPS) is 16.3. The highest BCUT2D eigenvalue weighted by Crippen LogP contribution is 2.32. The number of aromatic amines is 1. The Bertz CT molecular complexity index is 1460. The van der Waals surface area contributed by atoms with Gasteiger partial charge in [-0.15, -0.1) is 5.10 Å². The van der Waals surface area contributed by atoms with Gasteiger partial charge in [0.15, 0.2) is 5.82 Å². The number of fused-ring (bicyclic) bond motifs is 1. The standard InChI is InChI=1S/C29H36N6O4/c1-19(2)27(28-31-32-33-35(28)18-24-9-7-13-39-24)34(16-21-8-5-6-10-26(21)38-4)17-22-14-20-11-12-23(37-3)15-25(20)30-29(22)36/h5-6,8,10-12,14-15,19,24,27H,7,9,13,16-18H2,1-4H3,(H,30,36). The molecule has 2 atom stereocenters. The van der Waals surface area contributed by atoms with E-state index in [0.717, 1.165) is 47.5 Å². The Morgan fingerprint density at radius 2 is 1.92 bits per heavy atom. The molecule has 0 bridgehead atoms. The van der Waals surface area contributed by atoms with Gasteiger partial charge in [-0.05, 0) is 58.8 Å². The molecule has 206 valence electrons. The number of para-hydroxylation sites is 1. The molecule has 5 rings (SSSR count). The van der Waals surface area contributed by atoms with E-state index in [-0.39, 0.29) is 23.6 Å². The number of nitrogens with zero attached hydrogens (tertiary/aromatic N) is 5. The zero-order valence-electron chi connectivity index (χ0n) is 23.0. The smallest absolute Gasteiger partial charge is 0.252 e. The van der Waals surface area contributed by atoms with E-state index >= 15 is 0 Å². The fourth-order valence-corrected chi connectivity index (χ4v) is 5.41. The van der Waals surface area contributed by atoms with Crippen LogP contribution in [0.5, 0.6) is 11.5 Å². The Balaban J connectivity index is 1.55. The lowest BCUT2D eigenvalue weighted by Crippen LogP contribution is -2.36. The van der Waals surface area contributed by atoms with E-state index in [1.54, 1.807) is 14.2 Å². The van der Waals surface area contributed by atoms with Gasteiger partial charge in [-0.1, -0.05) is 32.0 Å². The average Bonchev–Trinajstić information content (AvgIpc) is 3.62. The van der Waals surface area contributed by atoms with Crippen LogP contribution in [0, 0.1) is 5.92 Å². The Labute approximate surface area is 227 Å². The number of pyridine rings is 1. The van der Waals surface area contributed by atoms with Crippen LogP contribution in [-0.2, 0) is 24.4 Å². The van der Waals surface area contributed by atoms with E-state index in [9.17, 15) is 4.79 Å². The first kappa shape index (κ1) is 26.8. The first-order valence-corrected chi connectivity index (χ1v) is 13.4. The molecule has 2 aromatic heterocycles. The summed E-state index contributed by atoms with van der Waals surface area (Å²) in [5, 5.41) is 13.8. The summed E-state index contributed by atoms with van der Waals surface area (Å²) in [7, 11) is 3.29. The van der Waals surface area contributed by atoms with Crippen molar-refractivity contribution in [1.29, 1.82) is 0 Å². The van der Waals surface area contributed by atoms with Crippen molar-refractivity contribution in [3.8, 4) is 11.5 Å². The number of aromatic nitrogens is 5. The lowest BCUT2D eigenvalue weighted by Gasteiger charge is -2.34. The van der Waals surface area contributed by atoms with Crippen LogP contribution in [0.3, 0.4) is 0 Å². The van der Waals surface area contributed by atoms with Crippen molar-refractivity contribution in [1.82, 2.24) is 30.1 Å². The van der Waals surface area contributed by atoms with E-state index in [1.165, 1.54) is 0 Å². The van der Waals surface area contributed by atoms with Gasteiger partial charge in [0.2, 0.25) is 0 Å². The first-order valence-electron chi connectivity index (χ1n) is 13.4. The van der Waals surface area contributed by atoms with E-state index in [0.29, 0.717) is 30.9 Å². The van der Waals surface area contributed by atoms with Crippen LogP contribution in [0.15, 0.2) is 53.3 Å². The largest absolute Gasteiger partial charge is 0.497 e. The monoisotopic (exact) mass is 532 g/mol. The van der Waals surface area contributed by atoms with Gasteiger partial charge in [0.25, 0.3) is 5.56 Å². The molecule has 0 radical (unpaired) electrons. The maximum Gasteiger partial charge on any atom is 0.252 e. The topological polar surface area (TPSA) is 107 Å². The Kier molecular flexibility index (Phi) is 8.23. The number of tetrazole rings is 1. The number of H-pyrrole nitrogens is 1. The predicted octanol–water partition coefficient (Wildman–Crippen LogP) is 4.11. The van der Waals surface area contributed by atoms with Crippen molar-refractivity contribution in [2.75, 3.05) is 20.8 Å². The number of ether oxygens (including phenoxy) is 3. The zero-order chi connectivity index (χ0) is 27.4. The molecule has 4 aromatic rings. The predicted molar refractivity (Wildman–Crippen MR) is 148 cm³/mol. The molecule has 1 fully saturated rings. The number of hydrogen-bond donors (Lipinski definition) is 1. The fourth-order valence-electron chi connectivity index (χ4n) is 5.41. The summed E-state index contributed by atoms with van der Waals surface area (Å²) in [6, 6.07) is 15.4. The van der Waals surface area contributed by atoms with Crippen LogP contribution < -0.4 is 15.0 Å². The minimum Gasteiger partial charge on any atom is -0.497 e. The molecule has 1 saturated heterocycles. The lowest BCUT2D eigenvalue weighted by molar-refractivity contribution is 0.0849. The van der Waals surface area contributed by atoms with Crippen LogP contribution in [0.4, 0.5) is 0 Å². The molecular formula is C29H36N6O4. The molecule has 1 aliphatic heterocycles.